The molecule has 3 rings (SSSR count). The molecule has 2 aromatic carbocycles. The van der Waals surface area contributed by atoms with Crippen molar-refractivity contribution < 1.29 is 4.74 Å². The largest absolute Gasteiger partial charge is 0.497 e. The lowest BCUT2D eigenvalue weighted by Gasteiger charge is -2.22. The van der Waals surface area contributed by atoms with E-state index in [1.807, 2.05) is 48.3 Å². The number of likely N-dealkylation sites (N-methyl/N-ethyl adjacent to an activating group) is 1. The number of benzene rings is 2. The summed E-state index contributed by atoms with van der Waals surface area (Å²) in [7, 11) is 7.80. The second-order valence-electron chi connectivity index (χ2n) is 6.53. The number of nitrogens with two attached hydrogens (primary N) is 1. The van der Waals surface area contributed by atoms with Crippen LogP contribution in [0, 0.1) is 0 Å². The van der Waals surface area contributed by atoms with Crippen molar-refractivity contribution in [3.8, 4) is 5.75 Å². The van der Waals surface area contributed by atoms with Gasteiger partial charge in [0.1, 0.15) is 11.6 Å². The number of aromatic nitrogens is 2. The first-order chi connectivity index (χ1) is 12.5. The quantitative estimate of drug-likeness (QED) is 0.736. The number of fused-ring (bicyclic) bond motifs is 1. The maximum Gasteiger partial charge on any atom is 0.222 e. The minimum absolute atomic E-state index is 0.276. The van der Waals surface area contributed by atoms with Crippen LogP contribution in [-0.4, -0.2) is 49.7 Å². The molecule has 0 spiro atoms. The van der Waals surface area contributed by atoms with Crippen LogP contribution in [0.4, 0.5) is 17.5 Å². The zero-order chi connectivity index (χ0) is 18.7. The van der Waals surface area contributed by atoms with E-state index < -0.39 is 0 Å². The fourth-order valence-corrected chi connectivity index (χ4v) is 2.97. The molecule has 0 atom stereocenters. The van der Waals surface area contributed by atoms with Crippen molar-refractivity contribution in [2.45, 2.75) is 6.42 Å². The molecule has 0 aliphatic heterocycles. The van der Waals surface area contributed by atoms with Crippen molar-refractivity contribution in [1.29, 1.82) is 0 Å². The molecule has 0 amide bonds. The molecule has 0 unspecified atom stereocenters. The molecule has 2 N–H and O–H groups in total. The highest BCUT2D eigenvalue weighted by Gasteiger charge is 2.15. The van der Waals surface area contributed by atoms with Crippen LogP contribution < -0.4 is 15.4 Å². The number of nitrogens with zero attached hydrogens (tertiary/aromatic N) is 4. The van der Waals surface area contributed by atoms with Crippen LogP contribution in [0.3, 0.4) is 0 Å². The predicted molar refractivity (Wildman–Crippen MR) is 107 cm³/mol. The van der Waals surface area contributed by atoms with E-state index in [9.17, 15) is 0 Å². The Morgan fingerprint density at radius 2 is 1.73 bits per heavy atom. The summed E-state index contributed by atoms with van der Waals surface area (Å²) in [5.41, 5.74) is 9.07. The number of anilines is 3. The van der Waals surface area contributed by atoms with Crippen LogP contribution in [-0.2, 0) is 6.42 Å². The summed E-state index contributed by atoms with van der Waals surface area (Å²) in [5.74, 6) is 1.91. The minimum Gasteiger partial charge on any atom is -0.497 e. The lowest BCUT2D eigenvalue weighted by molar-refractivity contribution is 0.414. The van der Waals surface area contributed by atoms with Crippen molar-refractivity contribution in [3.63, 3.8) is 0 Å². The molecule has 0 bridgehead atoms. The standard InChI is InChI=1S/C20H25N5O/c1-24(2)13-12-14-6-5-7-17-18(14)19(23-20(21)22-17)25(3)15-8-10-16(26-4)11-9-15/h5-11H,12-13H2,1-4H3,(H2,21,22,23). The molecule has 1 aromatic heterocycles. The number of hydrogen-bond acceptors (Lipinski definition) is 6. The Balaban J connectivity index is 2.10. The third kappa shape index (κ3) is 3.70. The third-order valence-corrected chi connectivity index (χ3v) is 4.41. The maximum absolute atomic E-state index is 5.98. The van der Waals surface area contributed by atoms with Gasteiger partial charge in [0.2, 0.25) is 5.95 Å². The normalized spacial score (nSPS) is 11.1. The Labute approximate surface area is 154 Å². The van der Waals surface area contributed by atoms with Crippen molar-refractivity contribution in [2.24, 2.45) is 0 Å². The van der Waals surface area contributed by atoms with Crippen LogP contribution >= 0.6 is 0 Å². The molecule has 1 heterocycles. The van der Waals surface area contributed by atoms with Crippen molar-refractivity contribution >= 4 is 28.4 Å². The van der Waals surface area contributed by atoms with Gasteiger partial charge in [-0.15, -0.1) is 0 Å². The average Bonchev–Trinajstić information content (AvgIpc) is 2.64. The van der Waals surface area contributed by atoms with Gasteiger partial charge in [-0.1, -0.05) is 12.1 Å². The second kappa shape index (κ2) is 7.58. The van der Waals surface area contributed by atoms with Crippen LogP contribution in [0.25, 0.3) is 10.9 Å². The van der Waals surface area contributed by atoms with Gasteiger partial charge in [-0.3, -0.25) is 0 Å². The first kappa shape index (κ1) is 17.9. The molecule has 0 saturated carbocycles. The molecule has 6 heteroatoms. The van der Waals surface area contributed by atoms with Gasteiger partial charge in [-0.25, -0.2) is 4.98 Å². The number of hydrogen-bond donors (Lipinski definition) is 1. The highest BCUT2D eigenvalue weighted by atomic mass is 16.5. The summed E-state index contributed by atoms with van der Waals surface area (Å²) < 4.78 is 5.25. The van der Waals surface area contributed by atoms with Crippen molar-refractivity contribution in [2.75, 3.05) is 45.4 Å². The number of rotatable bonds is 6. The van der Waals surface area contributed by atoms with Gasteiger partial charge in [0.15, 0.2) is 0 Å². The first-order valence-corrected chi connectivity index (χ1v) is 8.57. The fraction of sp³-hybridized carbons (Fsp3) is 0.300. The maximum atomic E-state index is 5.98. The van der Waals surface area contributed by atoms with E-state index in [1.165, 1.54) is 5.56 Å². The van der Waals surface area contributed by atoms with Crippen molar-refractivity contribution in [3.05, 3.63) is 48.0 Å². The molecule has 26 heavy (non-hydrogen) atoms. The van der Waals surface area contributed by atoms with Crippen LogP contribution in [0.2, 0.25) is 0 Å². The lowest BCUT2D eigenvalue weighted by atomic mass is 10.0. The highest BCUT2D eigenvalue weighted by Crippen LogP contribution is 2.32. The van der Waals surface area contributed by atoms with Gasteiger partial charge in [0.05, 0.1) is 12.6 Å². The average molecular weight is 351 g/mol. The van der Waals surface area contributed by atoms with E-state index in [4.69, 9.17) is 10.5 Å². The molecule has 0 aliphatic carbocycles. The Hall–Kier alpha value is -2.86. The molecule has 0 radical (unpaired) electrons. The monoisotopic (exact) mass is 351 g/mol. The molecule has 136 valence electrons. The summed E-state index contributed by atoms with van der Waals surface area (Å²) in [6.45, 7) is 0.954. The minimum atomic E-state index is 0.276. The van der Waals surface area contributed by atoms with E-state index in [1.54, 1.807) is 7.11 Å². The SMILES string of the molecule is COc1ccc(N(C)c2nc(N)nc3cccc(CCN(C)C)c23)cc1. The number of ether oxygens (including phenoxy) is 1. The number of nitrogen functional groups attached to an aromatic ring is 1. The summed E-state index contributed by atoms with van der Waals surface area (Å²) in [6.07, 6.45) is 0.918. The zero-order valence-electron chi connectivity index (χ0n) is 15.7. The van der Waals surface area contributed by atoms with Crippen LogP contribution in [0.1, 0.15) is 5.56 Å². The Morgan fingerprint density at radius 3 is 2.38 bits per heavy atom. The van der Waals surface area contributed by atoms with Gasteiger partial charge in [-0.05, 0) is 56.4 Å². The van der Waals surface area contributed by atoms with Gasteiger partial charge < -0.3 is 20.3 Å². The van der Waals surface area contributed by atoms with E-state index in [2.05, 4.69) is 35.0 Å². The first-order valence-electron chi connectivity index (χ1n) is 8.57. The van der Waals surface area contributed by atoms with E-state index in [-0.39, 0.29) is 5.95 Å². The van der Waals surface area contributed by atoms with E-state index in [0.29, 0.717) is 0 Å². The van der Waals surface area contributed by atoms with Gasteiger partial charge in [0, 0.05) is 24.7 Å². The molecule has 0 saturated heterocycles. The predicted octanol–water partition coefficient (Wildman–Crippen LogP) is 3.09. The van der Waals surface area contributed by atoms with E-state index in [0.717, 1.165) is 41.1 Å². The molecule has 3 aromatic rings. The zero-order valence-corrected chi connectivity index (χ0v) is 15.7. The summed E-state index contributed by atoms with van der Waals surface area (Å²) in [4.78, 5) is 13.2. The van der Waals surface area contributed by atoms with Gasteiger partial charge in [-0.2, -0.15) is 4.98 Å². The van der Waals surface area contributed by atoms with E-state index >= 15 is 0 Å². The Morgan fingerprint density at radius 1 is 1.00 bits per heavy atom. The van der Waals surface area contributed by atoms with Gasteiger partial charge >= 0.3 is 0 Å². The second-order valence-corrected chi connectivity index (χ2v) is 6.53. The lowest BCUT2D eigenvalue weighted by Crippen LogP contribution is -2.17. The summed E-state index contributed by atoms with van der Waals surface area (Å²) in [6, 6.07) is 14.0. The molecular weight excluding hydrogens is 326 g/mol. The highest BCUT2D eigenvalue weighted by molar-refractivity contribution is 5.95. The molecule has 6 nitrogen and oxygen atoms in total. The molecular formula is C20H25N5O. The smallest absolute Gasteiger partial charge is 0.222 e. The Bertz CT molecular complexity index is 893. The third-order valence-electron chi connectivity index (χ3n) is 4.41. The van der Waals surface area contributed by atoms with Crippen LogP contribution in [0.5, 0.6) is 5.75 Å². The number of methoxy groups -OCH3 is 1. The Kier molecular flexibility index (Phi) is 5.23. The fourth-order valence-electron chi connectivity index (χ4n) is 2.97. The van der Waals surface area contributed by atoms with Crippen molar-refractivity contribution in [1.82, 2.24) is 14.9 Å². The topological polar surface area (TPSA) is 67.5 Å². The molecule has 0 aliphatic rings. The van der Waals surface area contributed by atoms with Crippen LogP contribution in [0.15, 0.2) is 42.5 Å². The summed E-state index contributed by atoms with van der Waals surface area (Å²) in [5, 5.41) is 1.04. The van der Waals surface area contributed by atoms with Gasteiger partial charge in [0.25, 0.3) is 0 Å². The molecule has 0 fully saturated rings. The summed E-state index contributed by atoms with van der Waals surface area (Å²) >= 11 is 0.